The van der Waals surface area contributed by atoms with Crippen molar-refractivity contribution in [2.45, 2.75) is 25.9 Å². The highest BCUT2D eigenvalue weighted by Crippen LogP contribution is 2.24. The number of thioether (sulfide) groups is 1. The van der Waals surface area contributed by atoms with Crippen molar-refractivity contribution in [3.63, 3.8) is 0 Å². The van der Waals surface area contributed by atoms with Gasteiger partial charge in [-0.1, -0.05) is 47.1 Å². The van der Waals surface area contributed by atoms with Gasteiger partial charge >= 0.3 is 0 Å². The van der Waals surface area contributed by atoms with E-state index in [4.69, 9.17) is 11.6 Å². The van der Waals surface area contributed by atoms with Crippen molar-refractivity contribution in [2.75, 3.05) is 11.1 Å². The van der Waals surface area contributed by atoms with Crippen molar-refractivity contribution < 1.29 is 4.79 Å². The van der Waals surface area contributed by atoms with Gasteiger partial charge < -0.3 is 5.32 Å². The Morgan fingerprint density at radius 1 is 1.12 bits per heavy atom. The van der Waals surface area contributed by atoms with E-state index in [1.54, 1.807) is 12.1 Å². The summed E-state index contributed by atoms with van der Waals surface area (Å²) in [6, 6.07) is 13.5. The van der Waals surface area contributed by atoms with Crippen molar-refractivity contribution >= 4 is 35.0 Å². The number of carbonyl (C=O) groups excluding carboxylic acids is 1. The van der Waals surface area contributed by atoms with E-state index < -0.39 is 0 Å². The molecule has 1 heterocycles. The van der Waals surface area contributed by atoms with Gasteiger partial charge in [0.15, 0.2) is 5.16 Å². The molecule has 0 saturated carbocycles. The number of hydrogen-bond acceptors (Lipinski definition) is 4. The van der Waals surface area contributed by atoms with Crippen LogP contribution in [-0.2, 0) is 4.79 Å². The van der Waals surface area contributed by atoms with Gasteiger partial charge in [-0.25, -0.2) is 0 Å². The van der Waals surface area contributed by atoms with E-state index in [-0.39, 0.29) is 11.7 Å². The van der Waals surface area contributed by atoms with E-state index in [2.05, 4.69) is 15.5 Å². The second kappa shape index (κ2) is 7.93. The summed E-state index contributed by atoms with van der Waals surface area (Å²) in [6.45, 7) is 5.86. The van der Waals surface area contributed by atoms with Gasteiger partial charge in [0.05, 0.1) is 5.75 Å². The number of hydrogen-bond donors (Lipinski definition) is 1. The molecule has 0 aliphatic rings. The molecule has 0 saturated heterocycles. The van der Waals surface area contributed by atoms with Crippen LogP contribution in [0.2, 0.25) is 5.02 Å². The van der Waals surface area contributed by atoms with Crippen LogP contribution in [0, 0.1) is 20.8 Å². The van der Waals surface area contributed by atoms with Crippen molar-refractivity contribution in [3.8, 4) is 5.69 Å². The van der Waals surface area contributed by atoms with Crippen molar-refractivity contribution in [2.24, 2.45) is 0 Å². The Bertz CT molecular complexity index is 937. The molecule has 1 amide bonds. The first-order valence-corrected chi connectivity index (χ1v) is 9.48. The Kier molecular flexibility index (Phi) is 5.64. The van der Waals surface area contributed by atoms with Crippen LogP contribution >= 0.6 is 23.4 Å². The normalized spacial score (nSPS) is 10.8. The van der Waals surface area contributed by atoms with Crippen LogP contribution in [0.3, 0.4) is 0 Å². The second-order valence-electron chi connectivity index (χ2n) is 6.00. The van der Waals surface area contributed by atoms with Crippen LogP contribution in [0.4, 0.5) is 5.69 Å². The molecule has 7 heteroatoms. The van der Waals surface area contributed by atoms with Crippen molar-refractivity contribution in [1.82, 2.24) is 14.8 Å². The average molecular weight is 387 g/mol. The molecule has 0 spiro atoms. The minimum Gasteiger partial charge on any atom is -0.325 e. The molecule has 0 fully saturated rings. The van der Waals surface area contributed by atoms with E-state index in [1.807, 2.05) is 55.7 Å². The lowest BCUT2D eigenvalue weighted by Crippen LogP contribution is -2.15. The van der Waals surface area contributed by atoms with Crippen LogP contribution in [-0.4, -0.2) is 26.4 Å². The van der Waals surface area contributed by atoms with Gasteiger partial charge in [0.2, 0.25) is 5.91 Å². The van der Waals surface area contributed by atoms with Crippen molar-refractivity contribution in [1.29, 1.82) is 0 Å². The zero-order chi connectivity index (χ0) is 18.7. The number of benzene rings is 2. The number of nitrogens with one attached hydrogen (secondary N) is 1. The summed E-state index contributed by atoms with van der Waals surface area (Å²) in [5.74, 6) is 0.898. The quantitative estimate of drug-likeness (QED) is 0.652. The van der Waals surface area contributed by atoms with Crippen LogP contribution < -0.4 is 5.32 Å². The lowest BCUT2D eigenvalue weighted by molar-refractivity contribution is -0.113. The summed E-state index contributed by atoms with van der Waals surface area (Å²) >= 11 is 7.35. The second-order valence-corrected chi connectivity index (χ2v) is 7.38. The Labute approximate surface area is 161 Å². The largest absolute Gasteiger partial charge is 0.325 e. The fourth-order valence-electron chi connectivity index (χ4n) is 2.47. The summed E-state index contributed by atoms with van der Waals surface area (Å²) in [5.41, 5.74) is 3.85. The molecule has 1 N–H and O–H groups in total. The molecule has 0 radical (unpaired) electrons. The first-order valence-electron chi connectivity index (χ1n) is 8.12. The predicted molar refractivity (Wildman–Crippen MR) is 106 cm³/mol. The van der Waals surface area contributed by atoms with Gasteiger partial charge in [-0.3, -0.25) is 9.36 Å². The Hall–Kier alpha value is -2.31. The fourth-order valence-corrected chi connectivity index (χ4v) is 3.44. The highest BCUT2D eigenvalue weighted by molar-refractivity contribution is 7.99. The summed E-state index contributed by atoms with van der Waals surface area (Å²) in [7, 11) is 0. The molecule has 0 atom stereocenters. The first kappa shape index (κ1) is 18.5. The Balaban J connectivity index is 1.71. The van der Waals surface area contributed by atoms with E-state index >= 15 is 0 Å². The molecule has 3 aromatic rings. The van der Waals surface area contributed by atoms with E-state index in [0.29, 0.717) is 10.2 Å². The fraction of sp³-hybridized carbons (Fsp3) is 0.211. The van der Waals surface area contributed by atoms with E-state index in [1.165, 1.54) is 17.3 Å². The maximum absolute atomic E-state index is 12.3. The summed E-state index contributed by atoms with van der Waals surface area (Å²) < 4.78 is 1.95. The number of rotatable bonds is 5. The monoisotopic (exact) mass is 386 g/mol. The zero-order valence-corrected chi connectivity index (χ0v) is 16.4. The van der Waals surface area contributed by atoms with Gasteiger partial charge in [0.1, 0.15) is 5.82 Å². The number of aryl methyl sites for hydroxylation is 3. The maximum atomic E-state index is 12.3. The highest BCUT2D eigenvalue weighted by atomic mass is 35.5. The van der Waals surface area contributed by atoms with Crippen LogP contribution in [0.1, 0.15) is 17.0 Å². The molecule has 0 aliphatic heterocycles. The summed E-state index contributed by atoms with van der Waals surface area (Å²) in [5, 5.41) is 12.5. The number of nitrogens with zero attached hydrogens (tertiary/aromatic N) is 3. The molecular formula is C19H19ClN4OS. The van der Waals surface area contributed by atoms with E-state index in [0.717, 1.165) is 22.8 Å². The third kappa shape index (κ3) is 4.26. The molecule has 2 aromatic carbocycles. The zero-order valence-electron chi connectivity index (χ0n) is 14.8. The van der Waals surface area contributed by atoms with Crippen LogP contribution in [0.15, 0.2) is 47.6 Å². The first-order chi connectivity index (χ1) is 12.4. The molecule has 0 bridgehead atoms. The SMILES string of the molecule is Cc1ccc(-n2c(C)nnc2SCC(=O)Nc2cc(Cl)ccc2C)cc1. The summed E-state index contributed by atoms with van der Waals surface area (Å²) in [6.07, 6.45) is 0. The van der Waals surface area contributed by atoms with Gasteiger partial charge in [-0.15, -0.1) is 10.2 Å². The maximum Gasteiger partial charge on any atom is 0.234 e. The van der Waals surface area contributed by atoms with Gasteiger partial charge in [0, 0.05) is 16.4 Å². The molecule has 0 unspecified atom stereocenters. The molecule has 26 heavy (non-hydrogen) atoms. The van der Waals surface area contributed by atoms with Gasteiger partial charge in [-0.2, -0.15) is 0 Å². The van der Waals surface area contributed by atoms with Crippen LogP contribution in [0.5, 0.6) is 0 Å². The lowest BCUT2D eigenvalue weighted by Gasteiger charge is -2.10. The predicted octanol–water partition coefficient (Wildman–Crippen LogP) is 4.58. The number of aromatic nitrogens is 3. The van der Waals surface area contributed by atoms with Gasteiger partial charge in [0.25, 0.3) is 0 Å². The van der Waals surface area contributed by atoms with Crippen LogP contribution in [0.25, 0.3) is 5.69 Å². The lowest BCUT2D eigenvalue weighted by atomic mass is 10.2. The van der Waals surface area contributed by atoms with Gasteiger partial charge in [-0.05, 0) is 50.6 Å². The Morgan fingerprint density at radius 3 is 2.58 bits per heavy atom. The average Bonchev–Trinajstić information content (AvgIpc) is 2.98. The molecule has 1 aromatic heterocycles. The Morgan fingerprint density at radius 2 is 1.85 bits per heavy atom. The molecule has 3 rings (SSSR count). The smallest absolute Gasteiger partial charge is 0.234 e. The third-order valence-electron chi connectivity index (χ3n) is 3.89. The number of amides is 1. The van der Waals surface area contributed by atoms with E-state index in [9.17, 15) is 4.79 Å². The third-order valence-corrected chi connectivity index (χ3v) is 5.06. The number of halogens is 1. The molecule has 134 valence electrons. The number of anilines is 1. The minimum absolute atomic E-state index is 0.114. The minimum atomic E-state index is -0.114. The standard InChI is InChI=1S/C19H19ClN4OS/c1-12-4-8-16(9-5-12)24-14(3)22-23-19(24)26-11-18(25)21-17-10-15(20)7-6-13(17)2/h4-10H,11H2,1-3H3,(H,21,25). The topological polar surface area (TPSA) is 59.8 Å². The highest BCUT2D eigenvalue weighted by Gasteiger charge is 2.14. The number of carbonyl (C=O) groups is 1. The molecule has 0 aliphatic carbocycles. The molecule has 5 nitrogen and oxygen atoms in total. The summed E-state index contributed by atoms with van der Waals surface area (Å²) in [4.78, 5) is 12.3. The van der Waals surface area contributed by atoms with Crippen molar-refractivity contribution in [3.05, 3.63) is 64.4 Å². The molecular weight excluding hydrogens is 368 g/mol.